The zero-order valence-corrected chi connectivity index (χ0v) is 17.6. The number of fused-ring (bicyclic) bond motifs is 3. The lowest BCUT2D eigenvalue weighted by Crippen LogP contribution is -2.45. The van der Waals surface area contributed by atoms with Crippen LogP contribution < -0.4 is 0 Å². The van der Waals surface area contributed by atoms with Gasteiger partial charge >= 0.3 is 0 Å². The summed E-state index contributed by atoms with van der Waals surface area (Å²) >= 11 is 0. The molecule has 3 rings (SSSR count). The van der Waals surface area contributed by atoms with Crippen LogP contribution in [0.1, 0.15) is 95.4 Å². The average Bonchev–Trinajstić information content (AvgIpc) is 2.58. The first kappa shape index (κ1) is 20.0. The molecule has 1 fully saturated rings. The van der Waals surface area contributed by atoms with Gasteiger partial charge in [0.2, 0.25) is 0 Å². The molecular weight excluding hydrogens is 306 g/mol. The average molecular weight is 344 g/mol. The smallest absolute Gasteiger partial charge is 0.106 e. The van der Waals surface area contributed by atoms with Gasteiger partial charge in [-0.15, -0.1) is 0 Å². The van der Waals surface area contributed by atoms with E-state index >= 15 is 0 Å². The van der Waals surface area contributed by atoms with Crippen LogP contribution in [-0.4, -0.2) is 12.8 Å². The fraction of sp³-hybridized carbons (Fsp3) is 0.696. The van der Waals surface area contributed by atoms with Gasteiger partial charge in [-0.1, -0.05) is 71.7 Å². The van der Waals surface area contributed by atoms with Crippen LogP contribution in [0.4, 0.5) is 0 Å². The van der Waals surface area contributed by atoms with Gasteiger partial charge in [0.1, 0.15) is 7.11 Å². The molecule has 25 heavy (non-hydrogen) atoms. The Kier molecular flexibility index (Phi) is 6.35. The van der Waals surface area contributed by atoms with Crippen LogP contribution >= 0.6 is 0 Å². The summed E-state index contributed by atoms with van der Waals surface area (Å²) < 4.78 is 0. The van der Waals surface area contributed by atoms with Crippen molar-refractivity contribution in [3.05, 3.63) is 34.4 Å². The SMILES string of the molecule is CC.CO/N=C1\CC2C(C)CCCC2(C)c2ccc(C(C)C)c(C)c21. The molecule has 2 aliphatic carbocycles. The largest absolute Gasteiger partial charge is 0.399 e. The molecule has 140 valence electrons. The summed E-state index contributed by atoms with van der Waals surface area (Å²) in [6, 6.07) is 4.75. The molecule has 2 aliphatic rings. The molecule has 0 spiro atoms. The van der Waals surface area contributed by atoms with Crippen LogP contribution in [0.2, 0.25) is 0 Å². The summed E-state index contributed by atoms with van der Waals surface area (Å²) in [6.07, 6.45) is 5.05. The van der Waals surface area contributed by atoms with Crippen LogP contribution in [0.25, 0.3) is 0 Å². The lowest BCUT2D eigenvalue weighted by Gasteiger charge is -2.50. The Morgan fingerprint density at radius 1 is 1.24 bits per heavy atom. The van der Waals surface area contributed by atoms with E-state index in [9.17, 15) is 0 Å². The molecule has 2 nitrogen and oxygen atoms in total. The quantitative estimate of drug-likeness (QED) is 0.555. The minimum atomic E-state index is 0.292. The Morgan fingerprint density at radius 3 is 2.52 bits per heavy atom. The highest BCUT2D eigenvalue weighted by molar-refractivity contribution is 6.04. The molecule has 0 heterocycles. The van der Waals surface area contributed by atoms with Crippen LogP contribution in [0, 0.1) is 18.8 Å². The maximum absolute atomic E-state index is 5.23. The minimum Gasteiger partial charge on any atom is -0.399 e. The molecule has 0 aliphatic heterocycles. The number of hydrogen-bond donors (Lipinski definition) is 0. The standard InChI is InChI=1S/C21H31NO.C2H6/c1-13(2)16-9-10-17-20(15(16)4)19(22-23-6)12-18-14(3)8-7-11-21(17,18)5;1-2/h9-10,13-14,18H,7-8,11-12H2,1-6H3;1-2H3/b22-19+;. The molecule has 0 saturated heterocycles. The van der Waals surface area contributed by atoms with E-state index in [4.69, 9.17) is 4.84 Å². The van der Waals surface area contributed by atoms with E-state index in [1.807, 2.05) is 13.8 Å². The van der Waals surface area contributed by atoms with Gasteiger partial charge in [0.15, 0.2) is 0 Å². The predicted molar refractivity (Wildman–Crippen MR) is 109 cm³/mol. The molecule has 1 aromatic carbocycles. The Hall–Kier alpha value is -1.31. The van der Waals surface area contributed by atoms with Crippen LogP contribution in [0.3, 0.4) is 0 Å². The third-order valence-electron chi connectivity index (χ3n) is 6.51. The van der Waals surface area contributed by atoms with Gasteiger partial charge < -0.3 is 4.84 Å². The summed E-state index contributed by atoms with van der Waals surface area (Å²) in [5, 5.41) is 4.46. The van der Waals surface area contributed by atoms with E-state index in [2.05, 4.69) is 51.9 Å². The molecule has 0 N–H and O–H groups in total. The van der Waals surface area contributed by atoms with Gasteiger partial charge in [-0.2, -0.15) is 0 Å². The van der Waals surface area contributed by atoms with Gasteiger partial charge in [-0.3, -0.25) is 0 Å². The lowest BCUT2D eigenvalue weighted by molar-refractivity contribution is 0.136. The van der Waals surface area contributed by atoms with E-state index in [0.717, 1.165) is 12.3 Å². The minimum absolute atomic E-state index is 0.292. The Morgan fingerprint density at radius 2 is 1.92 bits per heavy atom. The zero-order valence-electron chi connectivity index (χ0n) is 17.6. The highest BCUT2D eigenvalue weighted by atomic mass is 16.6. The van der Waals surface area contributed by atoms with Crippen LogP contribution in [0.5, 0.6) is 0 Å². The van der Waals surface area contributed by atoms with Gasteiger partial charge in [-0.05, 0) is 59.6 Å². The van der Waals surface area contributed by atoms with E-state index in [1.54, 1.807) is 7.11 Å². The number of oxime groups is 1. The van der Waals surface area contributed by atoms with Gasteiger partial charge in [0, 0.05) is 5.56 Å². The van der Waals surface area contributed by atoms with Gasteiger partial charge in [-0.25, -0.2) is 0 Å². The molecule has 0 bridgehead atoms. The predicted octanol–water partition coefficient (Wildman–Crippen LogP) is 6.59. The second kappa shape index (κ2) is 7.93. The highest BCUT2D eigenvalue weighted by Gasteiger charge is 2.47. The molecule has 0 aromatic heterocycles. The van der Waals surface area contributed by atoms with Crippen LogP contribution in [-0.2, 0) is 10.3 Å². The van der Waals surface area contributed by atoms with E-state index < -0.39 is 0 Å². The Labute approximate surface area is 155 Å². The lowest BCUT2D eigenvalue weighted by atomic mass is 9.54. The second-order valence-corrected chi connectivity index (χ2v) is 8.18. The molecule has 2 heteroatoms. The summed E-state index contributed by atoms with van der Waals surface area (Å²) in [6.45, 7) is 15.7. The monoisotopic (exact) mass is 343 g/mol. The number of benzene rings is 1. The van der Waals surface area contributed by atoms with Crippen molar-refractivity contribution in [3.8, 4) is 0 Å². The number of nitrogens with zero attached hydrogens (tertiary/aromatic N) is 1. The van der Waals surface area contributed by atoms with Gasteiger partial charge in [0.25, 0.3) is 0 Å². The maximum Gasteiger partial charge on any atom is 0.106 e. The molecule has 1 saturated carbocycles. The first-order valence-corrected chi connectivity index (χ1v) is 10.1. The third kappa shape index (κ3) is 3.37. The molecule has 3 atom stereocenters. The van der Waals surface area contributed by atoms with Crippen molar-refractivity contribution in [2.24, 2.45) is 17.0 Å². The molecular formula is C23H37NO. The molecule has 3 unspecified atom stereocenters. The topological polar surface area (TPSA) is 21.6 Å². The summed E-state index contributed by atoms with van der Waals surface area (Å²) in [5.41, 5.74) is 7.20. The van der Waals surface area contributed by atoms with E-state index in [0.29, 0.717) is 17.3 Å². The number of hydrogen-bond acceptors (Lipinski definition) is 2. The van der Waals surface area contributed by atoms with Crippen molar-refractivity contribution < 1.29 is 4.84 Å². The zero-order chi connectivity index (χ0) is 18.8. The first-order chi connectivity index (χ1) is 11.9. The molecule has 0 radical (unpaired) electrons. The summed E-state index contributed by atoms with van der Waals surface area (Å²) in [5.74, 6) is 1.98. The van der Waals surface area contributed by atoms with Crippen molar-refractivity contribution >= 4 is 5.71 Å². The number of rotatable bonds is 2. The molecule has 0 amide bonds. The fourth-order valence-electron chi connectivity index (χ4n) is 5.27. The van der Waals surface area contributed by atoms with Crippen LogP contribution in [0.15, 0.2) is 17.3 Å². The van der Waals surface area contributed by atoms with E-state index in [1.165, 1.54) is 47.2 Å². The Balaban J connectivity index is 0.00000109. The van der Waals surface area contributed by atoms with Crippen molar-refractivity contribution in [2.45, 2.75) is 85.5 Å². The summed E-state index contributed by atoms with van der Waals surface area (Å²) in [4.78, 5) is 5.23. The first-order valence-electron chi connectivity index (χ1n) is 10.1. The fourth-order valence-corrected chi connectivity index (χ4v) is 5.27. The van der Waals surface area contributed by atoms with Crippen molar-refractivity contribution in [2.75, 3.05) is 7.11 Å². The maximum atomic E-state index is 5.23. The van der Waals surface area contributed by atoms with E-state index in [-0.39, 0.29) is 0 Å². The van der Waals surface area contributed by atoms with Crippen molar-refractivity contribution in [1.29, 1.82) is 0 Å². The third-order valence-corrected chi connectivity index (χ3v) is 6.51. The Bertz CT molecular complexity index is 631. The van der Waals surface area contributed by atoms with Crippen molar-refractivity contribution in [1.82, 2.24) is 0 Å². The highest BCUT2D eigenvalue weighted by Crippen LogP contribution is 2.53. The normalized spacial score (nSPS) is 29.6. The van der Waals surface area contributed by atoms with Crippen molar-refractivity contribution in [3.63, 3.8) is 0 Å². The summed E-state index contributed by atoms with van der Waals surface area (Å²) in [7, 11) is 1.67. The van der Waals surface area contributed by atoms with Gasteiger partial charge in [0.05, 0.1) is 5.71 Å². The molecule has 1 aromatic rings. The second-order valence-electron chi connectivity index (χ2n) is 8.18.